The van der Waals surface area contributed by atoms with E-state index in [4.69, 9.17) is 0 Å². The van der Waals surface area contributed by atoms with Crippen molar-refractivity contribution < 1.29 is 9.69 Å². The molecule has 0 bridgehead atoms. The monoisotopic (exact) mass is 262 g/mol. The van der Waals surface area contributed by atoms with Crippen LogP contribution in [0.5, 0.6) is 0 Å². The molecular weight excluding hydrogens is 238 g/mol. The van der Waals surface area contributed by atoms with Gasteiger partial charge in [-0.1, -0.05) is 18.2 Å². The van der Waals surface area contributed by atoms with Crippen LogP contribution in [0.25, 0.3) is 0 Å². The number of nitrogens with one attached hydrogen (secondary N) is 2. The van der Waals surface area contributed by atoms with Gasteiger partial charge in [0.25, 0.3) is 5.91 Å². The van der Waals surface area contributed by atoms with E-state index in [1.807, 2.05) is 6.92 Å². The second-order valence-corrected chi connectivity index (χ2v) is 5.27. The maximum Gasteiger partial charge on any atom is 0.277 e. The second kappa shape index (κ2) is 6.06. The van der Waals surface area contributed by atoms with Gasteiger partial charge in [-0.3, -0.25) is 4.79 Å². The van der Waals surface area contributed by atoms with Crippen molar-refractivity contribution in [2.45, 2.75) is 19.9 Å². The molecule has 1 fully saturated rings. The molecule has 19 heavy (non-hydrogen) atoms. The SMILES string of the molecule is CNC(=O)[C@H](C)[NH+]1CCN(c2ccccc2C)CC1. The molecule has 1 aliphatic rings. The topological polar surface area (TPSA) is 36.8 Å². The molecule has 2 N–H and O–H groups in total. The highest BCUT2D eigenvalue weighted by Gasteiger charge is 2.28. The molecule has 0 unspecified atom stereocenters. The van der Waals surface area contributed by atoms with Crippen LogP contribution in [0.3, 0.4) is 0 Å². The molecule has 0 radical (unpaired) electrons. The Morgan fingerprint density at radius 3 is 2.53 bits per heavy atom. The lowest BCUT2D eigenvalue weighted by Crippen LogP contribution is -3.19. The van der Waals surface area contributed by atoms with Gasteiger partial charge >= 0.3 is 0 Å². The smallest absolute Gasteiger partial charge is 0.277 e. The van der Waals surface area contributed by atoms with E-state index >= 15 is 0 Å². The number of aryl methyl sites for hydroxylation is 1. The maximum atomic E-state index is 11.7. The van der Waals surface area contributed by atoms with Gasteiger partial charge in [-0.15, -0.1) is 0 Å². The van der Waals surface area contributed by atoms with Gasteiger partial charge in [-0.25, -0.2) is 0 Å². The van der Waals surface area contributed by atoms with Crippen LogP contribution in [-0.4, -0.2) is 45.2 Å². The van der Waals surface area contributed by atoms with Crippen LogP contribution in [0, 0.1) is 6.92 Å². The van der Waals surface area contributed by atoms with Gasteiger partial charge in [-0.05, 0) is 25.5 Å². The molecule has 1 heterocycles. The first-order valence-corrected chi connectivity index (χ1v) is 7.00. The van der Waals surface area contributed by atoms with E-state index in [1.54, 1.807) is 7.05 Å². The lowest BCUT2D eigenvalue weighted by Gasteiger charge is -2.36. The Morgan fingerprint density at radius 2 is 1.95 bits per heavy atom. The fourth-order valence-electron chi connectivity index (χ4n) is 2.79. The zero-order valence-electron chi connectivity index (χ0n) is 12.1. The van der Waals surface area contributed by atoms with Gasteiger partial charge < -0.3 is 15.1 Å². The number of hydrogen-bond acceptors (Lipinski definition) is 2. The number of rotatable bonds is 3. The number of amides is 1. The van der Waals surface area contributed by atoms with Crippen molar-refractivity contribution in [1.29, 1.82) is 0 Å². The Kier molecular flexibility index (Phi) is 4.43. The predicted molar refractivity (Wildman–Crippen MR) is 77.6 cm³/mol. The van der Waals surface area contributed by atoms with Crippen molar-refractivity contribution in [2.75, 3.05) is 38.1 Å². The molecule has 0 aromatic heterocycles. The lowest BCUT2D eigenvalue weighted by molar-refractivity contribution is -0.914. The summed E-state index contributed by atoms with van der Waals surface area (Å²) in [4.78, 5) is 15.5. The number of nitrogens with zero attached hydrogens (tertiary/aromatic N) is 1. The molecule has 1 aromatic carbocycles. The average molecular weight is 262 g/mol. The van der Waals surface area contributed by atoms with E-state index in [2.05, 4.69) is 41.4 Å². The number of carbonyl (C=O) groups excluding carboxylic acids is 1. The minimum atomic E-state index is 0.0454. The van der Waals surface area contributed by atoms with Gasteiger partial charge in [0.1, 0.15) is 0 Å². The highest BCUT2D eigenvalue weighted by Crippen LogP contribution is 2.18. The minimum absolute atomic E-state index is 0.0454. The highest BCUT2D eigenvalue weighted by molar-refractivity contribution is 5.79. The van der Waals surface area contributed by atoms with Crippen molar-refractivity contribution >= 4 is 11.6 Å². The summed E-state index contributed by atoms with van der Waals surface area (Å²) in [5, 5.41) is 2.74. The van der Waals surface area contributed by atoms with Crippen LogP contribution in [0.2, 0.25) is 0 Å². The molecule has 1 saturated heterocycles. The molecule has 1 amide bonds. The Bertz CT molecular complexity index is 439. The molecule has 1 aliphatic heterocycles. The lowest BCUT2D eigenvalue weighted by atomic mass is 10.1. The van der Waals surface area contributed by atoms with Crippen molar-refractivity contribution in [2.24, 2.45) is 0 Å². The van der Waals surface area contributed by atoms with Gasteiger partial charge in [0.05, 0.1) is 26.2 Å². The minimum Gasteiger partial charge on any atom is -0.360 e. The van der Waals surface area contributed by atoms with Crippen molar-refractivity contribution in [3.05, 3.63) is 29.8 Å². The first-order chi connectivity index (χ1) is 9.13. The average Bonchev–Trinajstić information content (AvgIpc) is 2.46. The van der Waals surface area contributed by atoms with Gasteiger partial charge in [0, 0.05) is 12.7 Å². The largest absolute Gasteiger partial charge is 0.360 e. The fourth-order valence-corrected chi connectivity index (χ4v) is 2.79. The predicted octanol–water partition coefficient (Wildman–Crippen LogP) is -0.166. The molecule has 1 aromatic rings. The first-order valence-electron chi connectivity index (χ1n) is 7.00. The summed E-state index contributed by atoms with van der Waals surface area (Å²) in [7, 11) is 1.71. The normalized spacial score (nSPS) is 18.2. The number of para-hydroxylation sites is 1. The van der Waals surface area contributed by atoms with E-state index in [-0.39, 0.29) is 11.9 Å². The maximum absolute atomic E-state index is 11.7. The number of quaternary nitrogens is 1. The number of benzene rings is 1. The number of carbonyl (C=O) groups is 1. The summed E-state index contributed by atoms with van der Waals surface area (Å²) in [6.45, 7) is 8.23. The van der Waals surface area contributed by atoms with Gasteiger partial charge in [-0.2, -0.15) is 0 Å². The van der Waals surface area contributed by atoms with Crippen LogP contribution in [0.1, 0.15) is 12.5 Å². The number of piperazine rings is 1. The Hall–Kier alpha value is -1.55. The first kappa shape index (κ1) is 13.9. The summed E-state index contributed by atoms with van der Waals surface area (Å²) in [6, 6.07) is 8.55. The molecule has 4 nitrogen and oxygen atoms in total. The van der Waals surface area contributed by atoms with E-state index < -0.39 is 0 Å². The molecule has 0 saturated carbocycles. The summed E-state index contributed by atoms with van der Waals surface area (Å²) < 4.78 is 0. The Balaban J connectivity index is 1.96. The van der Waals surface area contributed by atoms with E-state index in [0.29, 0.717) is 0 Å². The Labute approximate surface area is 115 Å². The summed E-state index contributed by atoms with van der Waals surface area (Å²) in [6.07, 6.45) is 0. The summed E-state index contributed by atoms with van der Waals surface area (Å²) in [5.74, 6) is 0.138. The molecule has 2 rings (SSSR count). The number of anilines is 1. The zero-order valence-corrected chi connectivity index (χ0v) is 12.1. The third-order valence-corrected chi connectivity index (χ3v) is 4.11. The van der Waals surface area contributed by atoms with Gasteiger partial charge in [0.15, 0.2) is 6.04 Å². The van der Waals surface area contributed by atoms with E-state index in [9.17, 15) is 4.79 Å². The summed E-state index contributed by atoms with van der Waals surface area (Å²) in [5.41, 5.74) is 2.65. The van der Waals surface area contributed by atoms with Crippen molar-refractivity contribution in [3.8, 4) is 0 Å². The zero-order chi connectivity index (χ0) is 13.8. The molecule has 4 heteroatoms. The third-order valence-electron chi connectivity index (χ3n) is 4.11. The molecule has 0 aliphatic carbocycles. The van der Waals surface area contributed by atoms with Crippen molar-refractivity contribution in [3.63, 3.8) is 0 Å². The van der Waals surface area contributed by atoms with Crippen LogP contribution in [-0.2, 0) is 4.79 Å². The Morgan fingerprint density at radius 1 is 1.32 bits per heavy atom. The number of hydrogen-bond donors (Lipinski definition) is 2. The molecule has 104 valence electrons. The van der Waals surface area contributed by atoms with Crippen LogP contribution >= 0.6 is 0 Å². The van der Waals surface area contributed by atoms with Crippen LogP contribution in [0.4, 0.5) is 5.69 Å². The standard InChI is InChI=1S/C15H23N3O/c1-12-6-4-5-7-14(12)18-10-8-17(9-11-18)13(2)15(19)16-3/h4-7,13H,8-11H2,1-3H3,(H,16,19)/p+1/t13-/m0/s1. The van der Waals surface area contributed by atoms with E-state index in [0.717, 1.165) is 26.2 Å². The van der Waals surface area contributed by atoms with Crippen LogP contribution in [0.15, 0.2) is 24.3 Å². The highest BCUT2D eigenvalue weighted by atomic mass is 16.2. The molecular formula is C15H24N3O+. The third kappa shape index (κ3) is 3.07. The quantitative estimate of drug-likeness (QED) is 0.794. The molecule has 1 atom stereocenters. The van der Waals surface area contributed by atoms with Crippen LogP contribution < -0.4 is 15.1 Å². The van der Waals surface area contributed by atoms with Gasteiger partial charge in [0.2, 0.25) is 0 Å². The fraction of sp³-hybridized carbons (Fsp3) is 0.533. The number of likely N-dealkylation sites (N-methyl/N-ethyl adjacent to an activating group) is 1. The second-order valence-electron chi connectivity index (χ2n) is 5.27. The molecule has 0 spiro atoms. The van der Waals surface area contributed by atoms with E-state index in [1.165, 1.54) is 16.2 Å². The van der Waals surface area contributed by atoms with Crippen molar-refractivity contribution in [1.82, 2.24) is 5.32 Å². The summed E-state index contributed by atoms with van der Waals surface area (Å²) >= 11 is 0.